The van der Waals surface area contributed by atoms with Crippen LogP contribution < -0.4 is 5.32 Å². The van der Waals surface area contributed by atoms with E-state index in [0.717, 1.165) is 45.6 Å². The lowest BCUT2D eigenvalue weighted by atomic mass is 10.3. The molecule has 1 N–H and O–H groups in total. The van der Waals surface area contributed by atoms with E-state index < -0.39 is 0 Å². The normalized spacial score (nSPS) is 25.8. The number of hydrogen-bond donors (Lipinski definition) is 1. The minimum absolute atomic E-state index is 0.144. The summed E-state index contributed by atoms with van der Waals surface area (Å²) >= 11 is 0. The van der Waals surface area contributed by atoms with Gasteiger partial charge < -0.3 is 19.9 Å². The molecule has 2 amide bonds. The van der Waals surface area contributed by atoms with E-state index in [2.05, 4.69) is 5.32 Å². The molecule has 0 saturated carbocycles. The van der Waals surface area contributed by atoms with Crippen molar-refractivity contribution in [2.24, 2.45) is 0 Å². The fourth-order valence-corrected chi connectivity index (χ4v) is 2.27. The van der Waals surface area contributed by atoms with Gasteiger partial charge in [-0.25, -0.2) is 4.79 Å². The zero-order valence-electron chi connectivity index (χ0n) is 9.95. The van der Waals surface area contributed by atoms with Gasteiger partial charge in [0.05, 0.1) is 12.7 Å². The van der Waals surface area contributed by atoms with E-state index in [9.17, 15) is 4.79 Å². The van der Waals surface area contributed by atoms with Crippen LogP contribution in [0.4, 0.5) is 4.79 Å². The molecule has 0 spiro atoms. The Morgan fingerprint density at radius 1 is 1.50 bits per heavy atom. The van der Waals surface area contributed by atoms with Crippen LogP contribution in [0.15, 0.2) is 0 Å². The average molecular weight is 227 g/mol. The summed E-state index contributed by atoms with van der Waals surface area (Å²) < 4.78 is 5.59. The van der Waals surface area contributed by atoms with Crippen molar-refractivity contribution in [3.8, 4) is 0 Å². The summed E-state index contributed by atoms with van der Waals surface area (Å²) in [6.45, 7) is 5.01. The van der Waals surface area contributed by atoms with Crippen molar-refractivity contribution in [2.45, 2.75) is 18.9 Å². The van der Waals surface area contributed by atoms with E-state index in [4.69, 9.17) is 4.74 Å². The fraction of sp³-hybridized carbons (Fsp3) is 0.909. The molecule has 0 bridgehead atoms. The maximum absolute atomic E-state index is 12.0. The number of nitrogens with zero attached hydrogens (tertiary/aromatic N) is 2. The number of carbonyl (C=O) groups is 1. The molecule has 5 nitrogen and oxygen atoms in total. The van der Waals surface area contributed by atoms with Gasteiger partial charge in [-0.05, 0) is 12.8 Å². The van der Waals surface area contributed by atoms with Crippen molar-refractivity contribution in [3.63, 3.8) is 0 Å². The highest BCUT2D eigenvalue weighted by atomic mass is 16.5. The Kier molecular flexibility index (Phi) is 4.01. The molecule has 2 aliphatic rings. The number of rotatable bonds is 2. The van der Waals surface area contributed by atoms with Crippen molar-refractivity contribution >= 4 is 6.03 Å². The van der Waals surface area contributed by atoms with Gasteiger partial charge in [0.2, 0.25) is 0 Å². The van der Waals surface area contributed by atoms with Gasteiger partial charge in [0, 0.05) is 39.8 Å². The number of likely N-dealkylation sites (N-methyl/N-ethyl adjacent to an activating group) is 1. The van der Waals surface area contributed by atoms with Crippen molar-refractivity contribution in [1.29, 1.82) is 0 Å². The van der Waals surface area contributed by atoms with Gasteiger partial charge in [0.25, 0.3) is 0 Å². The largest absolute Gasteiger partial charge is 0.374 e. The molecular weight excluding hydrogens is 206 g/mol. The molecule has 0 aromatic carbocycles. The first-order chi connectivity index (χ1) is 7.77. The average Bonchev–Trinajstić information content (AvgIpc) is 2.83. The van der Waals surface area contributed by atoms with Crippen LogP contribution in [0.1, 0.15) is 12.8 Å². The van der Waals surface area contributed by atoms with Crippen molar-refractivity contribution < 1.29 is 9.53 Å². The van der Waals surface area contributed by atoms with Crippen molar-refractivity contribution in [3.05, 3.63) is 0 Å². The topological polar surface area (TPSA) is 44.8 Å². The Balaban J connectivity index is 1.77. The predicted molar refractivity (Wildman–Crippen MR) is 61.4 cm³/mol. The molecular formula is C11H21N3O2. The summed E-state index contributed by atoms with van der Waals surface area (Å²) in [6.07, 6.45) is 2.42. The number of ether oxygens (including phenoxy) is 1. The smallest absolute Gasteiger partial charge is 0.319 e. The van der Waals surface area contributed by atoms with E-state index in [1.807, 2.05) is 11.9 Å². The van der Waals surface area contributed by atoms with Crippen molar-refractivity contribution in [2.75, 3.05) is 46.4 Å². The van der Waals surface area contributed by atoms with Crippen molar-refractivity contribution in [1.82, 2.24) is 15.1 Å². The molecule has 16 heavy (non-hydrogen) atoms. The van der Waals surface area contributed by atoms with Crippen LogP contribution in [-0.2, 0) is 4.74 Å². The molecule has 1 unspecified atom stereocenters. The quantitative estimate of drug-likeness (QED) is 0.729. The van der Waals surface area contributed by atoms with Crippen LogP contribution in [-0.4, -0.2) is 68.3 Å². The minimum Gasteiger partial charge on any atom is -0.374 e. The molecule has 1 atom stereocenters. The number of likely N-dealkylation sites (tertiary alicyclic amines) is 1. The van der Waals surface area contributed by atoms with E-state index in [-0.39, 0.29) is 12.1 Å². The van der Waals surface area contributed by atoms with E-state index in [1.54, 1.807) is 4.90 Å². The second-order valence-electron chi connectivity index (χ2n) is 4.55. The highest BCUT2D eigenvalue weighted by Crippen LogP contribution is 2.10. The summed E-state index contributed by atoms with van der Waals surface area (Å²) in [5, 5.41) is 3.27. The third kappa shape index (κ3) is 2.86. The number of morpholine rings is 1. The molecule has 92 valence electrons. The lowest BCUT2D eigenvalue weighted by Crippen LogP contribution is -2.48. The molecule has 2 heterocycles. The predicted octanol–water partition coefficient (Wildman–Crippen LogP) is 0.122. The third-order valence-corrected chi connectivity index (χ3v) is 3.19. The van der Waals surface area contributed by atoms with E-state index >= 15 is 0 Å². The van der Waals surface area contributed by atoms with Crippen LogP contribution in [0.25, 0.3) is 0 Å². The lowest BCUT2D eigenvalue weighted by Gasteiger charge is -2.30. The van der Waals surface area contributed by atoms with Gasteiger partial charge in [0.1, 0.15) is 0 Å². The molecule has 0 aromatic rings. The molecule has 2 fully saturated rings. The lowest BCUT2D eigenvalue weighted by molar-refractivity contribution is 0.0134. The second-order valence-corrected chi connectivity index (χ2v) is 4.55. The Morgan fingerprint density at radius 3 is 2.88 bits per heavy atom. The fourth-order valence-electron chi connectivity index (χ4n) is 2.27. The highest BCUT2D eigenvalue weighted by molar-refractivity contribution is 5.74. The van der Waals surface area contributed by atoms with Crippen LogP contribution in [0.2, 0.25) is 0 Å². The standard InChI is InChI=1S/C11H21N3O2/c1-13(9-10-8-12-4-7-16-10)11(15)14-5-2-3-6-14/h10,12H,2-9H2,1H3. The molecule has 2 saturated heterocycles. The molecule has 0 radical (unpaired) electrons. The monoisotopic (exact) mass is 227 g/mol. The highest BCUT2D eigenvalue weighted by Gasteiger charge is 2.24. The molecule has 5 heteroatoms. The Bertz CT molecular complexity index is 235. The summed E-state index contributed by atoms with van der Waals surface area (Å²) in [6, 6.07) is 0.145. The molecule has 2 aliphatic heterocycles. The van der Waals surface area contributed by atoms with Crippen LogP contribution in [0.3, 0.4) is 0 Å². The Morgan fingerprint density at radius 2 is 2.25 bits per heavy atom. The summed E-state index contributed by atoms with van der Waals surface area (Å²) in [5.41, 5.74) is 0. The van der Waals surface area contributed by atoms with Gasteiger partial charge in [-0.1, -0.05) is 0 Å². The maximum Gasteiger partial charge on any atom is 0.319 e. The van der Waals surface area contributed by atoms with Gasteiger partial charge in [0.15, 0.2) is 0 Å². The first-order valence-electron chi connectivity index (χ1n) is 6.10. The van der Waals surface area contributed by atoms with Gasteiger partial charge in [-0.2, -0.15) is 0 Å². The van der Waals surface area contributed by atoms with Gasteiger partial charge in [-0.15, -0.1) is 0 Å². The Labute approximate surface area is 96.7 Å². The summed E-state index contributed by atoms with van der Waals surface area (Å²) in [7, 11) is 1.86. The minimum atomic E-state index is 0.144. The summed E-state index contributed by atoms with van der Waals surface area (Å²) in [5.74, 6) is 0. The zero-order valence-corrected chi connectivity index (χ0v) is 9.95. The number of urea groups is 1. The van der Waals surface area contributed by atoms with E-state index in [1.165, 1.54) is 0 Å². The maximum atomic E-state index is 12.0. The van der Waals surface area contributed by atoms with Crippen LogP contribution in [0, 0.1) is 0 Å². The number of carbonyl (C=O) groups excluding carboxylic acids is 1. The SMILES string of the molecule is CN(CC1CNCCO1)C(=O)N1CCCC1. The second kappa shape index (κ2) is 5.50. The first kappa shape index (κ1) is 11.7. The molecule has 0 aliphatic carbocycles. The van der Waals surface area contributed by atoms with Gasteiger partial charge >= 0.3 is 6.03 Å². The van der Waals surface area contributed by atoms with Crippen LogP contribution in [0.5, 0.6) is 0 Å². The number of nitrogens with one attached hydrogen (secondary N) is 1. The number of hydrogen-bond acceptors (Lipinski definition) is 3. The van der Waals surface area contributed by atoms with Crippen LogP contribution >= 0.6 is 0 Å². The number of amides is 2. The van der Waals surface area contributed by atoms with E-state index in [0.29, 0.717) is 6.54 Å². The molecule has 2 rings (SSSR count). The first-order valence-corrected chi connectivity index (χ1v) is 6.10. The summed E-state index contributed by atoms with van der Waals surface area (Å²) in [4.78, 5) is 15.7. The Hall–Kier alpha value is -0.810. The van der Waals surface area contributed by atoms with Gasteiger partial charge in [-0.3, -0.25) is 0 Å². The third-order valence-electron chi connectivity index (χ3n) is 3.19. The zero-order chi connectivity index (χ0) is 11.4. The molecule has 0 aromatic heterocycles.